The lowest BCUT2D eigenvalue weighted by Gasteiger charge is -2.39. The van der Waals surface area contributed by atoms with Crippen LogP contribution in [0.2, 0.25) is 5.02 Å². The number of rotatable bonds is 6. The van der Waals surface area contributed by atoms with Crippen LogP contribution in [0.15, 0.2) is 36.4 Å². The van der Waals surface area contributed by atoms with E-state index in [1.807, 2.05) is 18.2 Å². The quantitative estimate of drug-likeness (QED) is 0.724. The van der Waals surface area contributed by atoms with Crippen molar-refractivity contribution in [1.82, 2.24) is 4.90 Å². The van der Waals surface area contributed by atoms with Crippen LogP contribution in [-0.4, -0.2) is 59.0 Å². The normalized spacial score (nSPS) is 18.6. The van der Waals surface area contributed by atoms with E-state index in [1.165, 1.54) is 12.1 Å². The Bertz CT molecular complexity index is 945. The lowest BCUT2D eigenvalue weighted by Crippen LogP contribution is -2.49. The van der Waals surface area contributed by atoms with E-state index in [0.717, 1.165) is 49.7 Å². The molecule has 160 valence electrons. The van der Waals surface area contributed by atoms with Crippen LogP contribution in [-0.2, 0) is 6.42 Å². The molecule has 1 spiro atoms. The van der Waals surface area contributed by atoms with Gasteiger partial charge in [-0.05, 0) is 35.9 Å². The van der Waals surface area contributed by atoms with Crippen molar-refractivity contribution in [2.45, 2.75) is 31.0 Å². The minimum atomic E-state index is -1.28. The van der Waals surface area contributed by atoms with Gasteiger partial charge in [-0.2, -0.15) is 0 Å². The number of benzene rings is 2. The fourth-order valence-electron chi connectivity index (χ4n) is 4.18. The second-order valence-electron chi connectivity index (χ2n) is 7.90. The van der Waals surface area contributed by atoms with Crippen molar-refractivity contribution in [3.8, 4) is 11.5 Å². The highest BCUT2D eigenvalue weighted by atomic mass is 35.5. The average molecular weight is 436 g/mol. The molecule has 2 N–H and O–H groups in total. The number of para-hydroxylation sites is 1. The summed E-state index contributed by atoms with van der Waals surface area (Å²) in [6.45, 7) is 1.66. The van der Waals surface area contributed by atoms with Crippen molar-refractivity contribution in [3.63, 3.8) is 0 Å². The molecule has 0 unspecified atom stereocenters. The summed E-state index contributed by atoms with van der Waals surface area (Å²) in [6, 6.07) is 9.40. The fraction of sp³-hybridized carbons (Fsp3) is 0.409. The fourth-order valence-corrected chi connectivity index (χ4v) is 4.37. The van der Waals surface area contributed by atoms with Gasteiger partial charge < -0.3 is 24.6 Å². The van der Waals surface area contributed by atoms with Crippen LogP contribution in [0, 0.1) is 5.82 Å². The number of halogens is 2. The second-order valence-corrected chi connectivity index (χ2v) is 8.34. The van der Waals surface area contributed by atoms with E-state index in [4.69, 9.17) is 26.2 Å². The van der Waals surface area contributed by atoms with E-state index >= 15 is 0 Å². The number of carbonyl (C=O) groups is 1. The number of aliphatic hydroxyl groups is 1. The van der Waals surface area contributed by atoms with E-state index in [2.05, 4.69) is 4.90 Å². The van der Waals surface area contributed by atoms with Gasteiger partial charge in [0, 0.05) is 43.9 Å². The lowest BCUT2D eigenvalue weighted by atomic mass is 9.87. The molecule has 0 aromatic heterocycles. The first-order valence-electron chi connectivity index (χ1n) is 9.88. The van der Waals surface area contributed by atoms with Crippen molar-refractivity contribution >= 4 is 17.6 Å². The minimum Gasteiger partial charge on any atom is -0.487 e. The van der Waals surface area contributed by atoms with Crippen LogP contribution in [0.25, 0.3) is 0 Å². The van der Waals surface area contributed by atoms with Gasteiger partial charge in [-0.15, -0.1) is 0 Å². The van der Waals surface area contributed by atoms with Gasteiger partial charge in [-0.1, -0.05) is 17.7 Å². The zero-order valence-electron chi connectivity index (χ0n) is 16.3. The number of likely N-dealkylation sites (tertiary alicyclic amines) is 1. The van der Waals surface area contributed by atoms with Crippen molar-refractivity contribution in [2.75, 3.05) is 26.2 Å². The number of hydrogen-bond acceptors (Lipinski definition) is 5. The van der Waals surface area contributed by atoms with Crippen LogP contribution in [0.5, 0.6) is 11.5 Å². The number of aromatic carboxylic acids is 1. The van der Waals surface area contributed by atoms with Crippen molar-refractivity contribution in [1.29, 1.82) is 0 Å². The molecule has 2 heterocycles. The van der Waals surface area contributed by atoms with Crippen molar-refractivity contribution in [3.05, 3.63) is 58.4 Å². The first-order valence-corrected chi connectivity index (χ1v) is 10.3. The van der Waals surface area contributed by atoms with Gasteiger partial charge in [0.2, 0.25) is 0 Å². The number of fused-ring (bicyclic) bond motifs is 1. The van der Waals surface area contributed by atoms with Crippen LogP contribution in [0.3, 0.4) is 0 Å². The molecular formula is C22H23ClFNO5. The Morgan fingerprint density at radius 2 is 2.07 bits per heavy atom. The topological polar surface area (TPSA) is 79.2 Å². The predicted molar refractivity (Wildman–Crippen MR) is 109 cm³/mol. The van der Waals surface area contributed by atoms with Gasteiger partial charge in [-0.25, -0.2) is 9.18 Å². The third kappa shape index (κ3) is 4.38. The highest BCUT2D eigenvalue weighted by Gasteiger charge is 2.42. The zero-order valence-corrected chi connectivity index (χ0v) is 17.1. The molecule has 1 fully saturated rings. The van der Waals surface area contributed by atoms with E-state index in [-0.39, 0.29) is 23.5 Å². The van der Waals surface area contributed by atoms with Crippen molar-refractivity contribution in [2.24, 2.45) is 0 Å². The SMILES string of the molecule is O=C(O)c1cccc(F)c1OC[C@H](O)CN1CCC2(CC1)Cc1cc(Cl)ccc1O2. The third-order valence-electron chi connectivity index (χ3n) is 5.72. The molecule has 2 aromatic carbocycles. The minimum absolute atomic E-state index is 0.191. The molecule has 0 bridgehead atoms. The van der Waals surface area contributed by atoms with Crippen LogP contribution >= 0.6 is 11.6 Å². The van der Waals surface area contributed by atoms with Gasteiger partial charge in [0.05, 0.1) is 0 Å². The molecule has 0 amide bonds. The van der Waals surface area contributed by atoms with Crippen LogP contribution < -0.4 is 9.47 Å². The summed E-state index contributed by atoms with van der Waals surface area (Å²) < 4.78 is 25.5. The van der Waals surface area contributed by atoms with Crippen LogP contribution in [0.4, 0.5) is 4.39 Å². The number of hydrogen-bond donors (Lipinski definition) is 2. The van der Waals surface area contributed by atoms with E-state index < -0.39 is 17.9 Å². The van der Waals surface area contributed by atoms with E-state index in [9.17, 15) is 14.3 Å². The summed E-state index contributed by atoms with van der Waals surface area (Å²) in [7, 11) is 0. The Morgan fingerprint density at radius 3 is 2.80 bits per heavy atom. The molecule has 2 aliphatic rings. The number of β-amino-alcohol motifs (C(OH)–C–C–N with tert-alkyl or cyclic N) is 1. The Morgan fingerprint density at radius 1 is 1.30 bits per heavy atom. The molecule has 1 saturated heterocycles. The number of carboxylic acid groups (broad SMARTS) is 1. The predicted octanol–water partition coefficient (Wildman–Crippen LogP) is 3.39. The number of carboxylic acids is 1. The summed E-state index contributed by atoms with van der Waals surface area (Å²) in [5.74, 6) is -1.50. The summed E-state index contributed by atoms with van der Waals surface area (Å²) in [6.07, 6.45) is 1.60. The molecule has 4 rings (SSSR count). The van der Waals surface area contributed by atoms with E-state index in [0.29, 0.717) is 11.6 Å². The molecule has 0 saturated carbocycles. The Hall–Kier alpha value is -2.35. The lowest BCUT2D eigenvalue weighted by molar-refractivity contribution is -0.00227. The Kier molecular flexibility index (Phi) is 5.86. The molecule has 0 radical (unpaired) electrons. The smallest absolute Gasteiger partial charge is 0.339 e. The molecule has 2 aromatic rings. The molecule has 2 aliphatic heterocycles. The summed E-state index contributed by atoms with van der Waals surface area (Å²) in [5, 5.41) is 20.2. The van der Waals surface area contributed by atoms with E-state index in [1.54, 1.807) is 0 Å². The van der Waals surface area contributed by atoms with Gasteiger partial charge in [0.1, 0.15) is 29.6 Å². The third-order valence-corrected chi connectivity index (χ3v) is 5.95. The Labute approximate surface area is 178 Å². The van der Waals surface area contributed by atoms with Crippen molar-refractivity contribution < 1.29 is 28.9 Å². The number of ether oxygens (including phenoxy) is 2. The first kappa shape index (κ1) is 20.9. The molecular weight excluding hydrogens is 413 g/mol. The monoisotopic (exact) mass is 435 g/mol. The standard InChI is InChI=1S/C22H23ClFNO5/c23-15-4-5-19-14(10-15)11-22(30-19)6-8-25(9-7-22)12-16(26)13-29-20-17(21(27)28)2-1-3-18(20)24/h1-5,10,16,26H,6-9,11-13H2,(H,27,28)/t16-/m1/s1. The zero-order chi connectivity index (χ0) is 21.3. The highest BCUT2D eigenvalue weighted by Crippen LogP contribution is 2.41. The molecule has 6 nitrogen and oxygen atoms in total. The molecule has 1 atom stereocenters. The number of nitrogens with zero attached hydrogens (tertiary/aromatic N) is 1. The summed E-state index contributed by atoms with van der Waals surface area (Å²) in [5.41, 5.74) is 0.637. The van der Waals surface area contributed by atoms with Gasteiger partial charge in [0.25, 0.3) is 0 Å². The summed E-state index contributed by atoms with van der Waals surface area (Å²) >= 11 is 6.08. The highest BCUT2D eigenvalue weighted by molar-refractivity contribution is 6.30. The second kappa shape index (κ2) is 8.41. The molecule has 8 heteroatoms. The molecule has 30 heavy (non-hydrogen) atoms. The van der Waals surface area contributed by atoms with Gasteiger partial charge in [0.15, 0.2) is 11.6 Å². The van der Waals surface area contributed by atoms with Gasteiger partial charge in [-0.3, -0.25) is 0 Å². The Balaban J connectivity index is 1.29. The average Bonchev–Trinajstić information content (AvgIpc) is 3.05. The maximum Gasteiger partial charge on any atom is 0.339 e. The maximum atomic E-state index is 13.9. The first-order chi connectivity index (χ1) is 14.3. The maximum absolute atomic E-state index is 13.9. The largest absolute Gasteiger partial charge is 0.487 e. The number of piperidine rings is 1. The summed E-state index contributed by atoms with van der Waals surface area (Å²) in [4.78, 5) is 13.3. The van der Waals surface area contributed by atoms with Gasteiger partial charge >= 0.3 is 5.97 Å². The molecule has 0 aliphatic carbocycles. The number of aliphatic hydroxyl groups excluding tert-OH is 1. The van der Waals surface area contributed by atoms with Crippen LogP contribution in [0.1, 0.15) is 28.8 Å².